The molecule has 0 radical (unpaired) electrons. The van der Waals surface area contributed by atoms with Crippen molar-refractivity contribution in [2.24, 2.45) is 0 Å². The Morgan fingerprint density at radius 3 is 1.94 bits per heavy atom. The molecule has 1 saturated heterocycles. The molecule has 0 spiro atoms. The highest BCUT2D eigenvalue weighted by molar-refractivity contribution is 6.30. The topological polar surface area (TPSA) is 69.8 Å². The zero-order valence-electron chi connectivity index (χ0n) is 19.1. The zero-order valence-corrected chi connectivity index (χ0v) is 20.6. The van der Waals surface area contributed by atoms with Crippen LogP contribution in [-0.2, 0) is 4.79 Å². The van der Waals surface area contributed by atoms with E-state index in [2.05, 4.69) is 4.90 Å². The predicted molar refractivity (Wildman–Crippen MR) is 138 cm³/mol. The van der Waals surface area contributed by atoms with Gasteiger partial charge in [0.15, 0.2) is 0 Å². The van der Waals surface area contributed by atoms with Crippen molar-refractivity contribution in [2.45, 2.75) is 24.5 Å². The van der Waals surface area contributed by atoms with E-state index in [0.29, 0.717) is 28.8 Å². The van der Waals surface area contributed by atoms with Gasteiger partial charge in [-0.15, -0.1) is 0 Å². The fourth-order valence-electron chi connectivity index (χ4n) is 4.54. The van der Waals surface area contributed by atoms with Crippen LogP contribution in [0, 0.1) is 0 Å². The first-order chi connectivity index (χ1) is 16.3. The maximum atomic E-state index is 14.1. The van der Waals surface area contributed by atoms with Crippen LogP contribution in [0.1, 0.15) is 35.1 Å². The van der Waals surface area contributed by atoms with E-state index in [1.165, 1.54) is 0 Å². The summed E-state index contributed by atoms with van der Waals surface area (Å²) in [7, 11) is 1.84. The highest BCUT2D eigenvalue weighted by atomic mass is 35.5. The van der Waals surface area contributed by atoms with Gasteiger partial charge in [0.05, 0.1) is 18.1 Å². The van der Waals surface area contributed by atoms with Gasteiger partial charge >= 0.3 is 0 Å². The number of likely N-dealkylation sites (tertiary alicyclic amines) is 1. The Hall–Kier alpha value is -2.57. The van der Waals surface area contributed by atoms with Crippen LogP contribution in [0.3, 0.4) is 0 Å². The van der Waals surface area contributed by atoms with Crippen molar-refractivity contribution < 1.29 is 9.90 Å². The number of aliphatic hydroxyl groups is 1. The minimum absolute atomic E-state index is 0.0359. The van der Waals surface area contributed by atoms with Crippen LogP contribution < -0.4 is 5.73 Å². The number of likely N-dealkylation sites (N-methyl/N-ethyl adjacent to an activating group) is 1. The molecule has 1 aliphatic heterocycles. The summed E-state index contributed by atoms with van der Waals surface area (Å²) >= 11 is 12.3. The Labute approximate surface area is 210 Å². The minimum Gasteiger partial charge on any atom is -0.399 e. The Kier molecular flexibility index (Phi) is 7.79. The lowest BCUT2D eigenvalue weighted by atomic mass is 9.89. The number of rotatable bonds is 7. The molecule has 3 N–H and O–H groups in total. The molecule has 5 nitrogen and oxygen atoms in total. The van der Waals surface area contributed by atoms with E-state index in [0.717, 1.165) is 29.7 Å². The lowest BCUT2D eigenvalue weighted by molar-refractivity contribution is -0.133. The molecule has 1 fully saturated rings. The van der Waals surface area contributed by atoms with Gasteiger partial charge in [-0.3, -0.25) is 9.69 Å². The van der Waals surface area contributed by atoms with Crippen LogP contribution in [0.2, 0.25) is 10.0 Å². The number of hydrogen-bond donors (Lipinski definition) is 2. The van der Waals surface area contributed by atoms with Gasteiger partial charge in [0.2, 0.25) is 5.91 Å². The molecule has 1 amide bonds. The molecule has 0 bridgehead atoms. The Morgan fingerprint density at radius 1 is 0.971 bits per heavy atom. The number of halogens is 2. The highest BCUT2D eigenvalue weighted by Crippen LogP contribution is 2.32. The van der Waals surface area contributed by atoms with Crippen molar-refractivity contribution in [2.75, 3.05) is 32.4 Å². The molecule has 1 heterocycles. The van der Waals surface area contributed by atoms with Crippen LogP contribution >= 0.6 is 23.2 Å². The van der Waals surface area contributed by atoms with Crippen molar-refractivity contribution in [1.82, 2.24) is 9.80 Å². The molecule has 4 rings (SSSR count). The molecule has 2 atom stereocenters. The number of amides is 1. The zero-order chi connectivity index (χ0) is 24.2. The number of carbonyl (C=O) groups is 1. The smallest absolute Gasteiger partial charge is 0.234 e. The number of hydrogen-bond acceptors (Lipinski definition) is 4. The van der Waals surface area contributed by atoms with Gasteiger partial charge in [-0.2, -0.15) is 0 Å². The first-order valence-corrected chi connectivity index (χ1v) is 12.1. The molecular weight excluding hydrogens is 469 g/mol. The van der Waals surface area contributed by atoms with E-state index in [1.807, 2.05) is 60.5 Å². The van der Waals surface area contributed by atoms with Gasteiger partial charge in [0, 0.05) is 42.4 Å². The van der Waals surface area contributed by atoms with Gasteiger partial charge in [0.25, 0.3) is 0 Å². The number of anilines is 1. The third-order valence-electron chi connectivity index (χ3n) is 6.47. The summed E-state index contributed by atoms with van der Waals surface area (Å²) in [6.45, 7) is 2.02. The van der Waals surface area contributed by atoms with E-state index in [9.17, 15) is 9.90 Å². The summed E-state index contributed by atoms with van der Waals surface area (Å²) in [5, 5.41) is 11.3. The van der Waals surface area contributed by atoms with Crippen molar-refractivity contribution in [1.29, 1.82) is 0 Å². The second-order valence-corrected chi connectivity index (χ2v) is 9.74. The molecular formula is C27H29Cl2N3O2. The summed E-state index contributed by atoms with van der Waals surface area (Å²) in [5.74, 6) is -0.550. The monoisotopic (exact) mass is 497 g/mol. The number of aliphatic hydroxyl groups excluding tert-OH is 1. The number of carbonyl (C=O) groups excluding carboxylic acids is 1. The van der Waals surface area contributed by atoms with Gasteiger partial charge < -0.3 is 15.7 Å². The third-order valence-corrected chi connectivity index (χ3v) is 6.97. The molecule has 34 heavy (non-hydrogen) atoms. The van der Waals surface area contributed by atoms with Gasteiger partial charge in [-0.25, -0.2) is 0 Å². The fourth-order valence-corrected chi connectivity index (χ4v) is 4.79. The number of nitrogens with zero attached hydrogens (tertiary/aromatic N) is 2. The standard InChI is InChI=1S/C27H29Cl2N3O2/c1-31(25(17-32-15-14-24(33)16-32)18-6-12-23(30)13-7-18)27(34)26(19-2-8-21(28)9-3-19)20-4-10-22(29)11-5-20/h2-13,24-26,33H,14-17,30H2,1H3/t24-,25+/m0/s1. The average Bonchev–Trinajstić information content (AvgIpc) is 3.25. The average molecular weight is 498 g/mol. The molecule has 178 valence electrons. The molecule has 1 aliphatic rings. The number of benzene rings is 3. The van der Waals surface area contributed by atoms with E-state index >= 15 is 0 Å². The minimum atomic E-state index is -0.514. The van der Waals surface area contributed by atoms with Crippen molar-refractivity contribution in [3.05, 3.63) is 99.5 Å². The molecule has 3 aromatic rings. The quantitative estimate of drug-likeness (QED) is 0.451. The number of nitrogens with two attached hydrogens (primary N) is 1. The lowest BCUT2D eigenvalue weighted by Gasteiger charge is -2.34. The maximum Gasteiger partial charge on any atom is 0.234 e. The largest absolute Gasteiger partial charge is 0.399 e. The summed E-state index contributed by atoms with van der Waals surface area (Å²) in [4.78, 5) is 18.1. The Balaban J connectivity index is 1.70. The second-order valence-electron chi connectivity index (χ2n) is 8.87. The van der Waals surface area contributed by atoms with Crippen LogP contribution in [0.4, 0.5) is 5.69 Å². The van der Waals surface area contributed by atoms with E-state index in [-0.39, 0.29) is 18.1 Å². The Morgan fingerprint density at radius 2 is 1.47 bits per heavy atom. The van der Waals surface area contributed by atoms with Crippen molar-refractivity contribution in [3.63, 3.8) is 0 Å². The number of β-amino-alcohol motifs (C(OH)–C–C–N with tert-alkyl or cyclic N) is 1. The van der Waals surface area contributed by atoms with E-state index in [1.54, 1.807) is 24.3 Å². The fraction of sp³-hybridized carbons (Fsp3) is 0.296. The first kappa shape index (κ1) is 24.6. The van der Waals surface area contributed by atoms with Crippen LogP contribution in [0.5, 0.6) is 0 Å². The van der Waals surface area contributed by atoms with E-state index in [4.69, 9.17) is 28.9 Å². The maximum absolute atomic E-state index is 14.1. The van der Waals surface area contributed by atoms with Crippen LogP contribution in [0.25, 0.3) is 0 Å². The molecule has 7 heteroatoms. The molecule has 0 aliphatic carbocycles. The highest BCUT2D eigenvalue weighted by Gasteiger charge is 2.33. The molecule has 3 aromatic carbocycles. The molecule has 0 aromatic heterocycles. The third kappa shape index (κ3) is 5.73. The van der Waals surface area contributed by atoms with Gasteiger partial charge in [0.1, 0.15) is 0 Å². The Bertz CT molecular complexity index is 1060. The molecule has 0 saturated carbocycles. The van der Waals surface area contributed by atoms with E-state index < -0.39 is 5.92 Å². The second kappa shape index (κ2) is 10.8. The first-order valence-electron chi connectivity index (χ1n) is 11.4. The van der Waals surface area contributed by atoms with Crippen LogP contribution in [-0.4, -0.2) is 53.6 Å². The summed E-state index contributed by atoms with van der Waals surface area (Å²) in [6, 6.07) is 22.2. The summed E-state index contributed by atoms with van der Waals surface area (Å²) < 4.78 is 0. The van der Waals surface area contributed by atoms with Crippen molar-refractivity contribution >= 4 is 34.8 Å². The lowest BCUT2D eigenvalue weighted by Crippen LogP contribution is -2.41. The summed E-state index contributed by atoms with van der Waals surface area (Å²) in [6.07, 6.45) is 0.411. The number of nitrogen functional groups attached to an aromatic ring is 1. The van der Waals surface area contributed by atoms with Crippen molar-refractivity contribution in [3.8, 4) is 0 Å². The normalized spacial score (nSPS) is 17.1. The SMILES string of the molecule is CN(C(=O)C(c1ccc(Cl)cc1)c1ccc(Cl)cc1)[C@H](CN1CC[C@H](O)C1)c1ccc(N)cc1. The van der Waals surface area contributed by atoms with Crippen LogP contribution in [0.15, 0.2) is 72.8 Å². The summed E-state index contributed by atoms with van der Waals surface area (Å²) in [5.41, 5.74) is 9.31. The predicted octanol–water partition coefficient (Wildman–Crippen LogP) is 4.97. The van der Waals surface area contributed by atoms with Gasteiger partial charge in [-0.05, 0) is 59.5 Å². The van der Waals surface area contributed by atoms with Gasteiger partial charge in [-0.1, -0.05) is 59.6 Å². The molecule has 0 unspecified atom stereocenters.